The molecule has 1 atom stereocenters. The molecular formula is C28H29N5O4. The Morgan fingerprint density at radius 2 is 1.81 bits per heavy atom. The van der Waals surface area contributed by atoms with Crippen LogP contribution < -0.4 is 15.0 Å². The van der Waals surface area contributed by atoms with Gasteiger partial charge in [0, 0.05) is 30.3 Å². The van der Waals surface area contributed by atoms with E-state index in [0.29, 0.717) is 24.7 Å². The highest BCUT2D eigenvalue weighted by Crippen LogP contribution is 2.27. The van der Waals surface area contributed by atoms with Gasteiger partial charge in [-0.15, -0.1) is 5.10 Å². The minimum atomic E-state index is -0.594. The first-order valence-corrected chi connectivity index (χ1v) is 12.2. The van der Waals surface area contributed by atoms with Crippen molar-refractivity contribution in [2.45, 2.75) is 45.4 Å². The fourth-order valence-corrected chi connectivity index (χ4v) is 4.20. The lowest BCUT2D eigenvalue weighted by Crippen LogP contribution is -2.40. The molecule has 0 spiro atoms. The summed E-state index contributed by atoms with van der Waals surface area (Å²) in [5.74, 6) is 0.448. The average molecular weight is 500 g/mol. The minimum Gasteiger partial charge on any atom is -0.472 e. The summed E-state index contributed by atoms with van der Waals surface area (Å²) in [6, 6.07) is 20.9. The Hall–Kier alpha value is -4.40. The molecule has 4 aromatic rings. The summed E-state index contributed by atoms with van der Waals surface area (Å²) in [5.41, 5.74) is 3.64. The van der Waals surface area contributed by atoms with Crippen molar-refractivity contribution in [3.63, 3.8) is 0 Å². The van der Waals surface area contributed by atoms with Crippen molar-refractivity contribution in [2.24, 2.45) is 0 Å². The zero-order chi connectivity index (χ0) is 26.0. The molecule has 9 heteroatoms. The second-order valence-electron chi connectivity index (χ2n) is 9.96. The van der Waals surface area contributed by atoms with E-state index in [-0.39, 0.29) is 18.4 Å². The van der Waals surface area contributed by atoms with E-state index in [1.165, 1.54) is 0 Å². The molecule has 0 unspecified atom stereocenters. The second-order valence-corrected chi connectivity index (χ2v) is 9.96. The minimum absolute atomic E-state index is 0.0505. The van der Waals surface area contributed by atoms with Crippen LogP contribution in [-0.2, 0) is 16.1 Å². The second kappa shape index (κ2) is 9.93. The number of amides is 2. The maximum Gasteiger partial charge on any atom is 0.407 e. The molecule has 2 amide bonds. The number of ether oxygens (including phenoxy) is 2. The van der Waals surface area contributed by atoms with E-state index in [9.17, 15) is 9.59 Å². The van der Waals surface area contributed by atoms with Crippen LogP contribution in [0, 0.1) is 0 Å². The van der Waals surface area contributed by atoms with Crippen molar-refractivity contribution in [3.8, 4) is 17.1 Å². The smallest absolute Gasteiger partial charge is 0.407 e. The van der Waals surface area contributed by atoms with Gasteiger partial charge in [0.2, 0.25) is 11.8 Å². The van der Waals surface area contributed by atoms with Crippen molar-refractivity contribution in [1.82, 2.24) is 19.9 Å². The van der Waals surface area contributed by atoms with E-state index >= 15 is 0 Å². The highest BCUT2D eigenvalue weighted by molar-refractivity contribution is 5.96. The molecule has 2 aromatic carbocycles. The van der Waals surface area contributed by atoms with E-state index in [0.717, 1.165) is 22.5 Å². The molecule has 0 radical (unpaired) electrons. The quantitative estimate of drug-likeness (QED) is 0.416. The molecule has 0 bridgehead atoms. The average Bonchev–Trinajstić information content (AvgIpc) is 3.45. The number of alkyl carbamates (subject to hydrolysis) is 1. The van der Waals surface area contributed by atoms with Crippen LogP contribution in [0.15, 0.2) is 72.9 Å². The number of anilines is 1. The Morgan fingerprint density at radius 1 is 1.05 bits per heavy atom. The van der Waals surface area contributed by atoms with Crippen molar-refractivity contribution < 1.29 is 19.1 Å². The van der Waals surface area contributed by atoms with Crippen molar-refractivity contribution in [2.75, 3.05) is 11.4 Å². The number of hydrogen-bond acceptors (Lipinski definition) is 6. The molecule has 1 aliphatic heterocycles. The van der Waals surface area contributed by atoms with Gasteiger partial charge in [-0.1, -0.05) is 42.5 Å². The van der Waals surface area contributed by atoms with Crippen LogP contribution in [0.4, 0.5) is 10.5 Å². The number of carbonyl (C=O) groups is 2. The predicted molar refractivity (Wildman–Crippen MR) is 139 cm³/mol. The molecular weight excluding hydrogens is 470 g/mol. The van der Waals surface area contributed by atoms with Gasteiger partial charge < -0.3 is 19.7 Å². The van der Waals surface area contributed by atoms with Crippen LogP contribution in [0.1, 0.15) is 32.8 Å². The van der Waals surface area contributed by atoms with Gasteiger partial charge in [0.25, 0.3) is 0 Å². The first-order chi connectivity index (χ1) is 17.7. The van der Waals surface area contributed by atoms with Crippen LogP contribution in [0.3, 0.4) is 0 Å². The monoisotopic (exact) mass is 499 g/mol. The highest BCUT2D eigenvalue weighted by atomic mass is 16.6. The van der Waals surface area contributed by atoms with Gasteiger partial charge >= 0.3 is 6.09 Å². The summed E-state index contributed by atoms with van der Waals surface area (Å²) in [5, 5.41) is 7.41. The molecule has 190 valence electrons. The molecule has 37 heavy (non-hydrogen) atoms. The summed E-state index contributed by atoms with van der Waals surface area (Å²) >= 11 is 0. The number of aromatic nitrogens is 3. The largest absolute Gasteiger partial charge is 0.472 e. The molecule has 1 saturated heterocycles. The zero-order valence-electron chi connectivity index (χ0n) is 21.0. The van der Waals surface area contributed by atoms with Crippen LogP contribution >= 0.6 is 0 Å². The van der Waals surface area contributed by atoms with Gasteiger partial charge in [-0.25, -0.2) is 14.3 Å². The predicted octanol–water partition coefficient (Wildman–Crippen LogP) is 4.61. The number of imidazole rings is 1. The topological polar surface area (TPSA) is 98.1 Å². The summed E-state index contributed by atoms with van der Waals surface area (Å²) in [7, 11) is 0. The van der Waals surface area contributed by atoms with E-state index in [2.05, 4.69) is 15.4 Å². The first-order valence-electron chi connectivity index (χ1n) is 12.2. The number of fused-ring (bicyclic) bond motifs is 1. The number of benzene rings is 2. The van der Waals surface area contributed by atoms with Crippen molar-refractivity contribution in [3.05, 3.63) is 78.5 Å². The summed E-state index contributed by atoms with van der Waals surface area (Å²) < 4.78 is 12.9. The molecule has 0 saturated carbocycles. The number of nitrogens with zero attached hydrogens (tertiary/aromatic N) is 4. The Morgan fingerprint density at radius 3 is 2.54 bits per heavy atom. The lowest BCUT2D eigenvalue weighted by atomic mass is 10.1. The fraction of sp³-hybridized carbons (Fsp3) is 0.286. The van der Waals surface area contributed by atoms with Crippen LogP contribution in [0.5, 0.6) is 5.88 Å². The van der Waals surface area contributed by atoms with E-state index in [4.69, 9.17) is 9.47 Å². The summed E-state index contributed by atoms with van der Waals surface area (Å²) in [4.78, 5) is 30.9. The SMILES string of the molecule is CC(C)(C)OC(=O)N[C@H]1CC(=O)N(c2ccc(-c3cnc4ccc(OCc5ccccc5)nn34)cc2)C1. The number of nitrogens with one attached hydrogen (secondary N) is 1. The van der Waals surface area contributed by atoms with Crippen molar-refractivity contribution >= 4 is 23.3 Å². The summed E-state index contributed by atoms with van der Waals surface area (Å²) in [6.45, 7) is 6.22. The Bertz CT molecular complexity index is 1410. The fourth-order valence-electron chi connectivity index (χ4n) is 4.20. The van der Waals surface area contributed by atoms with E-state index in [1.807, 2.05) is 60.7 Å². The van der Waals surface area contributed by atoms with Gasteiger partial charge in [0.05, 0.1) is 17.9 Å². The Labute approximate surface area is 215 Å². The van der Waals surface area contributed by atoms with Gasteiger partial charge in [-0.3, -0.25) is 4.79 Å². The Balaban J connectivity index is 1.28. The van der Waals surface area contributed by atoms with Gasteiger partial charge in [-0.2, -0.15) is 0 Å². The highest BCUT2D eigenvalue weighted by Gasteiger charge is 2.32. The van der Waals surface area contributed by atoms with E-state index in [1.54, 1.807) is 42.4 Å². The summed E-state index contributed by atoms with van der Waals surface area (Å²) in [6.07, 6.45) is 1.47. The third-order valence-electron chi connectivity index (χ3n) is 5.89. The third-order valence-corrected chi connectivity index (χ3v) is 5.89. The molecule has 2 aromatic heterocycles. The number of carbonyl (C=O) groups excluding carboxylic acids is 2. The maximum atomic E-state index is 12.6. The normalized spacial score (nSPS) is 15.7. The third kappa shape index (κ3) is 5.72. The zero-order valence-corrected chi connectivity index (χ0v) is 21.0. The molecule has 5 rings (SSSR count). The van der Waals surface area contributed by atoms with Gasteiger partial charge in [0.15, 0.2) is 5.65 Å². The van der Waals surface area contributed by atoms with Crippen molar-refractivity contribution in [1.29, 1.82) is 0 Å². The van der Waals surface area contributed by atoms with Crippen LogP contribution in [-0.4, -0.2) is 44.8 Å². The van der Waals surface area contributed by atoms with Crippen LogP contribution in [0.2, 0.25) is 0 Å². The molecule has 3 heterocycles. The molecule has 1 fully saturated rings. The van der Waals surface area contributed by atoms with Gasteiger partial charge in [0.1, 0.15) is 12.2 Å². The molecule has 1 aliphatic rings. The molecule has 0 aliphatic carbocycles. The van der Waals surface area contributed by atoms with Gasteiger partial charge in [-0.05, 0) is 44.5 Å². The molecule has 1 N–H and O–H groups in total. The van der Waals surface area contributed by atoms with E-state index < -0.39 is 11.7 Å². The van der Waals surface area contributed by atoms with Crippen LogP contribution in [0.25, 0.3) is 16.9 Å². The molecule has 9 nitrogen and oxygen atoms in total. The first kappa shape index (κ1) is 24.3. The number of hydrogen-bond donors (Lipinski definition) is 1. The Kier molecular flexibility index (Phi) is 6.52. The number of rotatable bonds is 6. The maximum absolute atomic E-state index is 12.6. The standard InChI is InChI=1S/C28H29N5O4/c1-28(2,3)37-27(35)30-21-15-26(34)32(17-21)22-11-9-20(10-12-22)23-16-29-24-13-14-25(31-33(23)24)36-18-19-7-5-4-6-8-19/h4-14,16,21H,15,17-18H2,1-3H3,(H,30,35)/t21-/m0/s1. The lowest BCUT2D eigenvalue weighted by molar-refractivity contribution is -0.117. The lowest BCUT2D eigenvalue weighted by Gasteiger charge is -2.22.